The molecular weight excluding hydrogens is 410 g/mol. The molecule has 0 radical (unpaired) electrons. The summed E-state index contributed by atoms with van der Waals surface area (Å²) >= 11 is 9.19. The average molecular weight is 427 g/mol. The zero-order chi connectivity index (χ0) is 18.2. The Labute approximate surface area is 159 Å². The minimum Gasteiger partial charge on any atom is -0.483 e. The second kappa shape index (κ2) is 9.44. The predicted octanol–water partition coefficient (Wildman–Crippen LogP) is 3.90. The fourth-order valence-corrected chi connectivity index (χ4v) is 2.96. The van der Waals surface area contributed by atoms with Gasteiger partial charge < -0.3 is 14.8 Å². The third-order valence-corrected chi connectivity index (χ3v) is 4.24. The molecule has 0 aliphatic rings. The van der Waals surface area contributed by atoms with Crippen LogP contribution in [0.15, 0.2) is 53.0 Å². The van der Waals surface area contributed by atoms with Gasteiger partial charge in [-0.05, 0) is 39.7 Å². The Morgan fingerprint density at radius 3 is 2.56 bits per heavy atom. The number of carbonyl (C=O) groups is 2. The topological polar surface area (TPSA) is 64.6 Å². The second-order valence-electron chi connectivity index (χ2n) is 5.17. The first-order valence-electron chi connectivity index (χ1n) is 7.48. The molecule has 0 fully saturated rings. The van der Waals surface area contributed by atoms with Crippen LogP contribution in [0.1, 0.15) is 18.0 Å². The molecule has 2 rings (SSSR count). The molecule has 1 amide bonds. The summed E-state index contributed by atoms with van der Waals surface area (Å²) in [5.41, 5.74) is 0.814. The molecule has 2 aromatic rings. The maximum atomic E-state index is 12.2. The van der Waals surface area contributed by atoms with Crippen LogP contribution in [0, 0.1) is 0 Å². The normalized spacial score (nSPS) is 11.5. The molecule has 1 N–H and O–H groups in total. The maximum absolute atomic E-state index is 12.2. The third kappa shape index (κ3) is 6.07. The number of benzene rings is 2. The summed E-state index contributed by atoms with van der Waals surface area (Å²) in [4.78, 5) is 23.8. The largest absolute Gasteiger partial charge is 0.483 e. The molecule has 0 saturated heterocycles. The van der Waals surface area contributed by atoms with Gasteiger partial charge in [-0.3, -0.25) is 9.59 Å². The van der Waals surface area contributed by atoms with E-state index >= 15 is 0 Å². The summed E-state index contributed by atoms with van der Waals surface area (Å²) in [5.74, 6) is -0.251. The smallest absolute Gasteiger partial charge is 0.307 e. The first-order chi connectivity index (χ1) is 12.0. The van der Waals surface area contributed by atoms with Crippen LogP contribution in [0.5, 0.6) is 5.75 Å². The number of amides is 1. The summed E-state index contributed by atoms with van der Waals surface area (Å²) in [5, 5.41) is 3.35. The third-order valence-electron chi connectivity index (χ3n) is 3.39. The minimum atomic E-state index is -0.488. The molecule has 1 unspecified atom stereocenters. The number of hydrogen-bond donors (Lipinski definition) is 1. The lowest BCUT2D eigenvalue weighted by molar-refractivity contribution is -0.141. The summed E-state index contributed by atoms with van der Waals surface area (Å²) in [6.45, 7) is -0.190. The van der Waals surface area contributed by atoms with Crippen LogP contribution in [0.3, 0.4) is 0 Å². The van der Waals surface area contributed by atoms with Gasteiger partial charge in [0.1, 0.15) is 5.75 Å². The van der Waals surface area contributed by atoms with E-state index < -0.39 is 12.0 Å². The number of hydrogen-bond acceptors (Lipinski definition) is 4. The van der Waals surface area contributed by atoms with Crippen molar-refractivity contribution in [2.45, 2.75) is 12.5 Å². The van der Waals surface area contributed by atoms with E-state index in [2.05, 4.69) is 21.2 Å². The Balaban J connectivity index is 2.00. The number of carbonyl (C=O) groups excluding carboxylic acids is 2. The van der Waals surface area contributed by atoms with Crippen molar-refractivity contribution in [1.82, 2.24) is 5.32 Å². The van der Waals surface area contributed by atoms with Crippen molar-refractivity contribution in [3.8, 4) is 5.75 Å². The first kappa shape index (κ1) is 19.3. The van der Waals surface area contributed by atoms with Crippen LogP contribution in [0.2, 0.25) is 5.02 Å². The quantitative estimate of drug-likeness (QED) is 0.682. The van der Waals surface area contributed by atoms with Crippen LogP contribution < -0.4 is 10.1 Å². The fraction of sp³-hybridized carbons (Fsp3) is 0.222. The van der Waals surface area contributed by atoms with Gasteiger partial charge in [0.15, 0.2) is 6.61 Å². The summed E-state index contributed by atoms with van der Waals surface area (Å²) in [6.07, 6.45) is 0.0386. The van der Waals surface area contributed by atoms with Gasteiger partial charge in [0, 0.05) is 5.02 Å². The van der Waals surface area contributed by atoms with Gasteiger partial charge in [0.05, 0.1) is 24.0 Å². The number of halogens is 2. The predicted molar refractivity (Wildman–Crippen MR) is 98.6 cm³/mol. The molecule has 132 valence electrons. The molecule has 0 bridgehead atoms. The van der Waals surface area contributed by atoms with Crippen LogP contribution in [-0.2, 0) is 14.3 Å². The lowest BCUT2D eigenvalue weighted by atomic mass is 10.0. The first-order valence-corrected chi connectivity index (χ1v) is 8.65. The zero-order valence-electron chi connectivity index (χ0n) is 13.5. The Morgan fingerprint density at radius 2 is 1.92 bits per heavy atom. The van der Waals surface area contributed by atoms with Gasteiger partial charge in [0.25, 0.3) is 5.91 Å². The molecule has 0 heterocycles. The molecule has 0 aliphatic heterocycles. The Hall–Kier alpha value is -2.05. The second-order valence-corrected chi connectivity index (χ2v) is 6.47. The van der Waals surface area contributed by atoms with Gasteiger partial charge >= 0.3 is 5.97 Å². The van der Waals surface area contributed by atoms with Crippen molar-refractivity contribution in [3.63, 3.8) is 0 Å². The Kier molecular flexibility index (Phi) is 7.28. The van der Waals surface area contributed by atoms with Gasteiger partial charge in [-0.15, -0.1) is 0 Å². The number of esters is 1. The highest BCUT2D eigenvalue weighted by Crippen LogP contribution is 2.28. The molecule has 5 nitrogen and oxygen atoms in total. The van der Waals surface area contributed by atoms with Gasteiger partial charge in [-0.25, -0.2) is 0 Å². The van der Waals surface area contributed by atoms with Crippen LogP contribution >= 0.6 is 27.5 Å². The molecule has 7 heteroatoms. The van der Waals surface area contributed by atoms with E-state index in [0.717, 1.165) is 5.56 Å². The highest BCUT2D eigenvalue weighted by Gasteiger charge is 2.19. The van der Waals surface area contributed by atoms with E-state index in [1.807, 2.05) is 30.3 Å². The summed E-state index contributed by atoms with van der Waals surface area (Å²) in [6, 6.07) is 13.8. The van der Waals surface area contributed by atoms with Gasteiger partial charge in [-0.1, -0.05) is 41.9 Å². The zero-order valence-corrected chi connectivity index (χ0v) is 15.8. The lowest BCUT2D eigenvalue weighted by Gasteiger charge is -2.18. The van der Waals surface area contributed by atoms with Crippen molar-refractivity contribution >= 4 is 39.4 Å². The van der Waals surface area contributed by atoms with Gasteiger partial charge in [0.2, 0.25) is 0 Å². The van der Waals surface area contributed by atoms with E-state index in [4.69, 9.17) is 21.1 Å². The number of methoxy groups -OCH3 is 1. The van der Waals surface area contributed by atoms with E-state index in [-0.39, 0.29) is 18.9 Å². The highest BCUT2D eigenvalue weighted by molar-refractivity contribution is 9.10. The molecule has 2 aromatic carbocycles. The maximum Gasteiger partial charge on any atom is 0.307 e. The molecular formula is C18H17BrClNO4. The van der Waals surface area contributed by atoms with Gasteiger partial charge in [-0.2, -0.15) is 0 Å². The van der Waals surface area contributed by atoms with Crippen LogP contribution in [0.25, 0.3) is 0 Å². The number of rotatable bonds is 7. The Bertz CT molecular complexity index is 739. The SMILES string of the molecule is COC(=O)CC(NC(=O)COc1ccc(Cl)cc1Br)c1ccccc1. The van der Waals surface area contributed by atoms with Crippen molar-refractivity contribution in [3.05, 3.63) is 63.6 Å². The molecule has 0 aromatic heterocycles. The molecule has 0 saturated carbocycles. The molecule has 0 spiro atoms. The standard InChI is InChI=1S/C18H17BrClNO4/c1-24-18(23)10-15(12-5-3-2-4-6-12)21-17(22)11-25-16-8-7-13(20)9-14(16)19/h2-9,15H,10-11H2,1H3,(H,21,22). The molecule has 1 atom stereocenters. The van der Waals surface area contributed by atoms with Crippen molar-refractivity contribution in [2.75, 3.05) is 13.7 Å². The van der Waals surface area contributed by atoms with Crippen molar-refractivity contribution in [1.29, 1.82) is 0 Å². The van der Waals surface area contributed by atoms with Crippen molar-refractivity contribution in [2.24, 2.45) is 0 Å². The van der Waals surface area contributed by atoms with E-state index in [0.29, 0.717) is 15.2 Å². The Morgan fingerprint density at radius 1 is 1.20 bits per heavy atom. The van der Waals surface area contributed by atoms with E-state index in [1.54, 1.807) is 18.2 Å². The monoisotopic (exact) mass is 425 g/mol. The number of nitrogens with one attached hydrogen (secondary N) is 1. The van der Waals surface area contributed by atoms with E-state index in [1.165, 1.54) is 7.11 Å². The summed E-state index contributed by atoms with van der Waals surface area (Å²) in [7, 11) is 1.31. The lowest BCUT2D eigenvalue weighted by Crippen LogP contribution is -2.34. The van der Waals surface area contributed by atoms with E-state index in [9.17, 15) is 9.59 Å². The summed E-state index contributed by atoms with van der Waals surface area (Å²) < 4.78 is 10.8. The van der Waals surface area contributed by atoms with Crippen LogP contribution in [0.4, 0.5) is 0 Å². The number of ether oxygens (including phenoxy) is 2. The average Bonchev–Trinajstić information content (AvgIpc) is 2.61. The van der Waals surface area contributed by atoms with Crippen LogP contribution in [-0.4, -0.2) is 25.6 Å². The molecule has 25 heavy (non-hydrogen) atoms. The fourth-order valence-electron chi connectivity index (χ4n) is 2.16. The minimum absolute atomic E-state index is 0.0386. The molecule has 0 aliphatic carbocycles. The highest BCUT2D eigenvalue weighted by atomic mass is 79.9. The van der Waals surface area contributed by atoms with Crippen molar-refractivity contribution < 1.29 is 19.1 Å².